The van der Waals surface area contributed by atoms with Gasteiger partial charge < -0.3 is 24.8 Å². The van der Waals surface area contributed by atoms with E-state index >= 15 is 0 Å². The van der Waals surface area contributed by atoms with Crippen molar-refractivity contribution in [2.24, 2.45) is 0 Å². The number of carbonyl (C=O) groups is 2. The standard InChI is InChI=1S/C24H22N4O9/c1-35-19-12-16(13-20(36-2)21(19)37-3)22(25-23(29)14-4-8-17(9-5-14)27(31)32)26-24(30)15-6-10-18(11-7-15)28(33)34/h4-13,22H,1-3H3,(H,25,29)(H,26,30). The Kier molecular flexibility index (Phi) is 8.20. The molecule has 3 aromatic rings. The van der Waals surface area contributed by atoms with Gasteiger partial charge in [-0.25, -0.2) is 0 Å². The van der Waals surface area contributed by atoms with Gasteiger partial charge in [0.05, 0.1) is 31.2 Å². The molecule has 0 aliphatic rings. The summed E-state index contributed by atoms with van der Waals surface area (Å²) in [5.41, 5.74) is 0.175. The van der Waals surface area contributed by atoms with Crippen molar-refractivity contribution in [1.29, 1.82) is 0 Å². The number of hydrogen-bond donors (Lipinski definition) is 2. The number of hydrogen-bond acceptors (Lipinski definition) is 9. The van der Waals surface area contributed by atoms with E-state index in [9.17, 15) is 29.8 Å². The van der Waals surface area contributed by atoms with E-state index in [4.69, 9.17) is 14.2 Å². The Morgan fingerprint density at radius 2 is 1.08 bits per heavy atom. The van der Waals surface area contributed by atoms with Gasteiger partial charge in [0.25, 0.3) is 23.2 Å². The highest BCUT2D eigenvalue weighted by atomic mass is 16.6. The molecule has 0 spiro atoms. The molecule has 13 nitrogen and oxygen atoms in total. The molecule has 0 unspecified atom stereocenters. The Morgan fingerprint density at radius 1 is 0.703 bits per heavy atom. The molecule has 0 aliphatic heterocycles. The van der Waals surface area contributed by atoms with Crippen LogP contribution in [0.5, 0.6) is 17.2 Å². The van der Waals surface area contributed by atoms with E-state index in [0.29, 0.717) is 5.56 Å². The van der Waals surface area contributed by atoms with Gasteiger partial charge in [-0.05, 0) is 36.4 Å². The number of benzene rings is 3. The van der Waals surface area contributed by atoms with Crippen LogP contribution < -0.4 is 24.8 Å². The van der Waals surface area contributed by atoms with E-state index in [0.717, 1.165) is 0 Å². The lowest BCUT2D eigenvalue weighted by atomic mass is 10.1. The maximum Gasteiger partial charge on any atom is 0.269 e. The summed E-state index contributed by atoms with van der Waals surface area (Å²) < 4.78 is 16.0. The molecule has 0 radical (unpaired) electrons. The first-order valence-corrected chi connectivity index (χ1v) is 10.6. The van der Waals surface area contributed by atoms with E-state index in [1.807, 2.05) is 0 Å². The molecule has 37 heavy (non-hydrogen) atoms. The number of amides is 2. The molecule has 0 fully saturated rings. The van der Waals surface area contributed by atoms with Crippen molar-refractivity contribution in [3.05, 3.63) is 97.6 Å². The van der Waals surface area contributed by atoms with E-state index in [-0.39, 0.29) is 39.8 Å². The van der Waals surface area contributed by atoms with Crippen LogP contribution in [0.25, 0.3) is 0 Å². The summed E-state index contributed by atoms with van der Waals surface area (Å²) in [4.78, 5) is 46.6. The van der Waals surface area contributed by atoms with E-state index in [1.54, 1.807) is 0 Å². The molecule has 0 saturated heterocycles. The topological polar surface area (TPSA) is 172 Å². The highest BCUT2D eigenvalue weighted by Gasteiger charge is 2.24. The van der Waals surface area contributed by atoms with Crippen molar-refractivity contribution < 1.29 is 33.6 Å². The summed E-state index contributed by atoms with van der Waals surface area (Å²) >= 11 is 0. The first-order valence-electron chi connectivity index (χ1n) is 10.6. The molecule has 0 heterocycles. The van der Waals surface area contributed by atoms with E-state index < -0.39 is 27.8 Å². The molecular weight excluding hydrogens is 488 g/mol. The highest BCUT2D eigenvalue weighted by molar-refractivity contribution is 5.97. The number of methoxy groups -OCH3 is 3. The van der Waals surface area contributed by atoms with Gasteiger partial charge in [-0.2, -0.15) is 0 Å². The van der Waals surface area contributed by atoms with Crippen molar-refractivity contribution in [3.63, 3.8) is 0 Å². The zero-order chi connectivity index (χ0) is 27.1. The lowest BCUT2D eigenvalue weighted by molar-refractivity contribution is -0.385. The van der Waals surface area contributed by atoms with Gasteiger partial charge in [0.2, 0.25) is 5.75 Å². The first-order chi connectivity index (χ1) is 17.7. The van der Waals surface area contributed by atoms with Crippen LogP contribution in [0.2, 0.25) is 0 Å². The van der Waals surface area contributed by atoms with Crippen molar-refractivity contribution in [3.8, 4) is 17.2 Å². The molecule has 192 valence electrons. The Morgan fingerprint density at radius 3 is 1.38 bits per heavy atom. The first kappa shape index (κ1) is 26.4. The Labute approximate surface area is 210 Å². The third-order valence-electron chi connectivity index (χ3n) is 5.25. The second kappa shape index (κ2) is 11.5. The normalized spacial score (nSPS) is 10.4. The van der Waals surface area contributed by atoms with Crippen LogP contribution >= 0.6 is 0 Å². The fourth-order valence-corrected chi connectivity index (χ4v) is 3.37. The number of ether oxygens (including phenoxy) is 3. The van der Waals surface area contributed by atoms with Crippen LogP contribution in [-0.2, 0) is 0 Å². The van der Waals surface area contributed by atoms with Crippen LogP contribution in [0.15, 0.2) is 60.7 Å². The summed E-state index contributed by atoms with van der Waals surface area (Å²) in [7, 11) is 4.23. The fraction of sp³-hybridized carbons (Fsp3) is 0.167. The average molecular weight is 510 g/mol. The van der Waals surface area contributed by atoms with Crippen LogP contribution in [0.3, 0.4) is 0 Å². The SMILES string of the molecule is COc1cc(C(NC(=O)c2ccc([N+](=O)[O-])cc2)NC(=O)c2ccc([N+](=O)[O-])cc2)cc(OC)c1OC. The molecule has 0 atom stereocenters. The monoisotopic (exact) mass is 510 g/mol. The minimum atomic E-state index is -1.14. The molecule has 0 aromatic heterocycles. The number of rotatable bonds is 10. The van der Waals surface area contributed by atoms with Crippen molar-refractivity contribution in [1.82, 2.24) is 10.6 Å². The summed E-state index contributed by atoms with van der Waals surface area (Å²) in [6.45, 7) is 0. The summed E-state index contributed by atoms with van der Waals surface area (Å²) in [5, 5.41) is 27.2. The molecule has 0 aliphatic carbocycles. The van der Waals surface area contributed by atoms with Gasteiger partial charge >= 0.3 is 0 Å². The summed E-state index contributed by atoms with van der Waals surface area (Å²) in [6, 6.07) is 12.9. The van der Waals surface area contributed by atoms with Crippen molar-refractivity contribution in [2.45, 2.75) is 6.17 Å². The number of nitro groups is 2. The number of nitro benzene ring substituents is 2. The zero-order valence-corrected chi connectivity index (χ0v) is 19.9. The molecule has 0 saturated carbocycles. The number of nitrogens with zero attached hydrogens (tertiary/aromatic N) is 2. The number of nitrogens with one attached hydrogen (secondary N) is 2. The van der Waals surface area contributed by atoms with E-state index in [2.05, 4.69) is 10.6 Å². The summed E-state index contributed by atoms with van der Waals surface area (Å²) in [6.07, 6.45) is -1.14. The second-order valence-electron chi connectivity index (χ2n) is 7.45. The largest absolute Gasteiger partial charge is 0.493 e. The maximum absolute atomic E-state index is 13.0. The quantitative estimate of drug-likeness (QED) is 0.235. The van der Waals surface area contributed by atoms with Gasteiger partial charge in [0.1, 0.15) is 6.17 Å². The van der Waals surface area contributed by atoms with E-state index in [1.165, 1.54) is 82.0 Å². The average Bonchev–Trinajstić information content (AvgIpc) is 2.91. The number of non-ortho nitro benzene ring substituents is 2. The van der Waals surface area contributed by atoms with Crippen LogP contribution in [0, 0.1) is 20.2 Å². The van der Waals surface area contributed by atoms with Gasteiger partial charge in [0.15, 0.2) is 11.5 Å². The van der Waals surface area contributed by atoms with Crippen LogP contribution in [0.4, 0.5) is 11.4 Å². The Balaban J connectivity index is 1.98. The van der Waals surface area contributed by atoms with Gasteiger partial charge in [-0.1, -0.05) is 0 Å². The minimum Gasteiger partial charge on any atom is -0.493 e. The fourth-order valence-electron chi connectivity index (χ4n) is 3.37. The molecule has 2 amide bonds. The smallest absolute Gasteiger partial charge is 0.269 e. The van der Waals surface area contributed by atoms with Crippen LogP contribution in [-0.4, -0.2) is 43.0 Å². The highest BCUT2D eigenvalue weighted by Crippen LogP contribution is 2.39. The van der Waals surface area contributed by atoms with Gasteiger partial charge in [0, 0.05) is 41.0 Å². The molecule has 0 bridgehead atoms. The van der Waals surface area contributed by atoms with Gasteiger partial charge in [-0.15, -0.1) is 0 Å². The molecule has 3 rings (SSSR count). The Bertz CT molecular complexity index is 1230. The van der Waals surface area contributed by atoms with Crippen LogP contribution in [0.1, 0.15) is 32.4 Å². The summed E-state index contributed by atoms with van der Waals surface area (Å²) in [5.74, 6) is -0.474. The maximum atomic E-state index is 13.0. The zero-order valence-electron chi connectivity index (χ0n) is 19.9. The number of carbonyl (C=O) groups excluding carboxylic acids is 2. The third-order valence-corrected chi connectivity index (χ3v) is 5.25. The second-order valence-corrected chi connectivity index (χ2v) is 7.45. The molecule has 3 aromatic carbocycles. The Hall–Kier alpha value is -5.20. The van der Waals surface area contributed by atoms with Crippen molar-refractivity contribution in [2.75, 3.05) is 21.3 Å². The lowest BCUT2D eigenvalue weighted by Gasteiger charge is -2.23. The molecular formula is C24H22N4O9. The lowest BCUT2D eigenvalue weighted by Crippen LogP contribution is -2.41. The molecule has 13 heteroatoms. The third kappa shape index (κ3) is 6.08. The van der Waals surface area contributed by atoms with Gasteiger partial charge in [-0.3, -0.25) is 29.8 Å². The molecule has 2 N–H and O–H groups in total. The predicted octanol–water partition coefficient (Wildman–Crippen LogP) is 3.39. The van der Waals surface area contributed by atoms with Crippen molar-refractivity contribution >= 4 is 23.2 Å². The predicted molar refractivity (Wildman–Crippen MR) is 130 cm³/mol. The minimum absolute atomic E-state index is 0.104.